The minimum atomic E-state index is -1.22. The zero-order valence-electron chi connectivity index (χ0n) is 9.34. The Morgan fingerprint density at radius 2 is 1.92 bits per heavy atom. The Morgan fingerprint density at radius 3 is 2.31 bits per heavy atom. The lowest BCUT2D eigenvalue weighted by molar-refractivity contribution is 0.157. The maximum Gasteiger partial charge on any atom is 0.0834 e. The maximum atomic E-state index is 5.71. The van der Waals surface area contributed by atoms with Crippen molar-refractivity contribution in [2.75, 3.05) is 6.61 Å². The van der Waals surface area contributed by atoms with Gasteiger partial charge in [-0.3, -0.25) is 0 Å². The SMILES string of the molecule is C=CC(OC/C=C\CC)[Si](C)(C)C. The summed E-state index contributed by atoms with van der Waals surface area (Å²) >= 11 is 0. The van der Waals surface area contributed by atoms with E-state index in [2.05, 4.69) is 45.3 Å². The molecule has 0 heterocycles. The van der Waals surface area contributed by atoms with Gasteiger partial charge >= 0.3 is 0 Å². The van der Waals surface area contributed by atoms with Crippen molar-refractivity contribution in [3.63, 3.8) is 0 Å². The molecule has 0 aromatic rings. The molecule has 0 fully saturated rings. The zero-order valence-corrected chi connectivity index (χ0v) is 10.3. The average Bonchev–Trinajstić information content (AvgIpc) is 2.02. The summed E-state index contributed by atoms with van der Waals surface area (Å²) in [6.07, 6.45) is 7.22. The monoisotopic (exact) mass is 198 g/mol. The Morgan fingerprint density at radius 1 is 1.31 bits per heavy atom. The van der Waals surface area contributed by atoms with Crippen LogP contribution in [0.5, 0.6) is 0 Å². The van der Waals surface area contributed by atoms with Crippen LogP contribution in [-0.2, 0) is 4.74 Å². The highest BCUT2D eigenvalue weighted by molar-refractivity contribution is 6.77. The van der Waals surface area contributed by atoms with Crippen LogP contribution in [0.25, 0.3) is 0 Å². The quantitative estimate of drug-likeness (QED) is 0.469. The molecule has 0 aromatic carbocycles. The first-order chi connectivity index (χ1) is 6.02. The first kappa shape index (κ1) is 12.7. The van der Waals surface area contributed by atoms with Crippen LogP contribution >= 0.6 is 0 Å². The molecule has 13 heavy (non-hydrogen) atoms. The molecule has 0 bridgehead atoms. The predicted molar refractivity (Wildman–Crippen MR) is 62.7 cm³/mol. The van der Waals surface area contributed by atoms with Gasteiger partial charge in [0.15, 0.2) is 0 Å². The molecule has 2 heteroatoms. The van der Waals surface area contributed by atoms with E-state index in [1.54, 1.807) is 0 Å². The Hall–Kier alpha value is -0.343. The van der Waals surface area contributed by atoms with Crippen LogP contribution in [0.2, 0.25) is 19.6 Å². The number of rotatable bonds is 6. The second-order valence-corrected chi connectivity index (χ2v) is 9.54. The molecule has 0 amide bonds. The standard InChI is InChI=1S/C11H22OSi/c1-6-8-9-10-12-11(7-2)13(3,4)5/h7-9,11H,2,6,10H2,1,3-5H3/b9-8-. The Balaban J connectivity index is 3.87. The van der Waals surface area contributed by atoms with Crippen LogP contribution < -0.4 is 0 Å². The summed E-state index contributed by atoms with van der Waals surface area (Å²) in [6, 6.07) is 0. The van der Waals surface area contributed by atoms with Gasteiger partial charge < -0.3 is 4.74 Å². The van der Waals surface area contributed by atoms with E-state index in [1.807, 2.05) is 6.08 Å². The van der Waals surface area contributed by atoms with Gasteiger partial charge in [-0.15, -0.1) is 6.58 Å². The molecule has 1 nitrogen and oxygen atoms in total. The maximum absolute atomic E-state index is 5.71. The lowest BCUT2D eigenvalue weighted by Crippen LogP contribution is -2.38. The van der Waals surface area contributed by atoms with E-state index in [9.17, 15) is 0 Å². The summed E-state index contributed by atoms with van der Waals surface area (Å²) in [6.45, 7) is 13.5. The molecule has 0 aliphatic carbocycles. The van der Waals surface area contributed by atoms with E-state index in [0.717, 1.165) is 13.0 Å². The van der Waals surface area contributed by atoms with Crippen molar-refractivity contribution in [3.8, 4) is 0 Å². The largest absolute Gasteiger partial charge is 0.374 e. The van der Waals surface area contributed by atoms with Gasteiger partial charge in [0.2, 0.25) is 0 Å². The molecule has 0 aliphatic rings. The number of hydrogen-bond acceptors (Lipinski definition) is 1. The molecule has 0 aliphatic heterocycles. The van der Waals surface area contributed by atoms with Gasteiger partial charge in [0.05, 0.1) is 20.4 Å². The van der Waals surface area contributed by atoms with Crippen molar-refractivity contribution >= 4 is 8.07 Å². The minimum absolute atomic E-state index is 0.272. The van der Waals surface area contributed by atoms with Gasteiger partial charge in [-0.1, -0.05) is 44.8 Å². The van der Waals surface area contributed by atoms with Gasteiger partial charge in [0, 0.05) is 0 Å². The molecule has 1 atom stereocenters. The molecular formula is C11H22OSi. The smallest absolute Gasteiger partial charge is 0.0834 e. The Labute approximate surface area is 83.5 Å². The second-order valence-electron chi connectivity index (χ2n) is 4.24. The summed E-state index contributed by atoms with van der Waals surface area (Å²) < 4.78 is 5.71. The van der Waals surface area contributed by atoms with Gasteiger partial charge in [-0.25, -0.2) is 0 Å². The van der Waals surface area contributed by atoms with E-state index in [-0.39, 0.29) is 5.73 Å². The molecular weight excluding hydrogens is 176 g/mol. The summed E-state index contributed by atoms with van der Waals surface area (Å²) in [5, 5.41) is 0. The van der Waals surface area contributed by atoms with E-state index in [4.69, 9.17) is 4.74 Å². The topological polar surface area (TPSA) is 9.23 Å². The molecule has 76 valence electrons. The van der Waals surface area contributed by atoms with Crippen molar-refractivity contribution in [2.45, 2.75) is 38.7 Å². The van der Waals surface area contributed by atoms with Crippen LogP contribution in [0.15, 0.2) is 24.8 Å². The van der Waals surface area contributed by atoms with Crippen molar-refractivity contribution < 1.29 is 4.74 Å². The molecule has 0 spiro atoms. The van der Waals surface area contributed by atoms with E-state index in [1.165, 1.54) is 0 Å². The van der Waals surface area contributed by atoms with Crippen molar-refractivity contribution in [2.24, 2.45) is 0 Å². The summed E-state index contributed by atoms with van der Waals surface area (Å²) in [5.74, 6) is 0. The van der Waals surface area contributed by atoms with Crippen LogP contribution in [0, 0.1) is 0 Å². The lowest BCUT2D eigenvalue weighted by Gasteiger charge is -2.25. The normalized spacial score (nSPS) is 14.8. The van der Waals surface area contributed by atoms with Gasteiger partial charge in [-0.2, -0.15) is 0 Å². The van der Waals surface area contributed by atoms with Crippen molar-refractivity contribution in [1.82, 2.24) is 0 Å². The second kappa shape index (κ2) is 6.16. The van der Waals surface area contributed by atoms with Crippen molar-refractivity contribution in [3.05, 3.63) is 24.8 Å². The van der Waals surface area contributed by atoms with Crippen LogP contribution in [0.4, 0.5) is 0 Å². The minimum Gasteiger partial charge on any atom is -0.374 e. The van der Waals surface area contributed by atoms with Crippen LogP contribution in [-0.4, -0.2) is 20.4 Å². The Kier molecular flexibility index (Phi) is 6.00. The van der Waals surface area contributed by atoms with E-state index in [0.29, 0.717) is 0 Å². The molecule has 0 saturated carbocycles. The zero-order chi connectivity index (χ0) is 10.3. The van der Waals surface area contributed by atoms with Crippen LogP contribution in [0.1, 0.15) is 13.3 Å². The number of hydrogen-bond donors (Lipinski definition) is 0. The first-order valence-corrected chi connectivity index (χ1v) is 8.49. The fourth-order valence-corrected chi connectivity index (χ4v) is 2.37. The van der Waals surface area contributed by atoms with Gasteiger partial charge in [0.25, 0.3) is 0 Å². The fraction of sp³-hybridized carbons (Fsp3) is 0.636. The third kappa shape index (κ3) is 5.83. The van der Waals surface area contributed by atoms with Crippen LogP contribution in [0.3, 0.4) is 0 Å². The highest BCUT2D eigenvalue weighted by atomic mass is 28.3. The fourth-order valence-electron chi connectivity index (χ4n) is 1.07. The van der Waals surface area contributed by atoms with Gasteiger partial charge in [-0.05, 0) is 6.42 Å². The number of ether oxygens (including phenoxy) is 1. The molecule has 0 aromatic heterocycles. The predicted octanol–water partition coefficient (Wildman–Crippen LogP) is 3.40. The molecule has 0 rings (SSSR count). The summed E-state index contributed by atoms with van der Waals surface area (Å²) in [7, 11) is -1.22. The third-order valence-corrected chi connectivity index (χ3v) is 3.95. The highest BCUT2D eigenvalue weighted by Gasteiger charge is 2.24. The average molecular weight is 198 g/mol. The molecule has 0 saturated heterocycles. The highest BCUT2D eigenvalue weighted by Crippen LogP contribution is 2.12. The Bertz CT molecular complexity index is 167. The molecule has 1 unspecified atom stereocenters. The lowest BCUT2D eigenvalue weighted by atomic mass is 10.4. The number of allylic oxidation sites excluding steroid dienone is 1. The van der Waals surface area contributed by atoms with Crippen molar-refractivity contribution in [1.29, 1.82) is 0 Å². The van der Waals surface area contributed by atoms with E-state index < -0.39 is 8.07 Å². The molecule has 0 N–H and O–H groups in total. The van der Waals surface area contributed by atoms with E-state index >= 15 is 0 Å². The summed E-state index contributed by atoms with van der Waals surface area (Å²) in [5.41, 5.74) is 0.272. The van der Waals surface area contributed by atoms with Gasteiger partial charge in [0.1, 0.15) is 0 Å². The summed E-state index contributed by atoms with van der Waals surface area (Å²) in [4.78, 5) is 0. The first-order valence-electron chi connectivity index (χ1n) is 4.91. The molecule has 0 radical (unpaired) electrons. The third-order valence-electron chi connectivity index (χ3n) is 1.84.